The summed E-state index contributed by atoms with van der Waals surface area (Å²) in [4.78, 5) is 16.7. The van der Waals surface area contributed by atoms with Gasteiger partial charge < -0.3 is 15.5 Å². The van der Waals surface area contributed by atoms with Gasteiger partial charge in [-0.15, -0.1) is 0 Å². The summed E-state index contributed by atoms with van der Waals surface area (Å²) in [6, 6.07) is 0.0617. The van der Waals surface area contributed by atoms with Crippen molar-refractivity contribution in [2.24, 2.45) is 17.6 Å². The Hall–Kier alpha value is -0.610. The first-order valence-electron chi connectivity index (χ1n) is 7.64. The summed E-state index contributed by atoms with van der Waals surface area (Å²) in [6.07, 6.45) is 4.15. The van der Waals surface area contributed by atoms with E-state index in [0.29, 0.717) is 5.92 Å². The molecule has 0 radical (unpaired) electrons. The molecular weight excluding hydrogens is 238 g/mol. The number of nitrogens with two attached hydrogens (primary N) is 1. The van der Waals surface area contributed by atoms with E-state index in [-0.39, 0.29) is 17.9 Å². The van der Waals surface area contributed by atoms with E-state index in [2.05, 4.69) is 32.8 Å². The number of amides is 1. The van der Waals surface area contributed by atoms with E-state index in [1.807, 2.05) is 4.90 Å². The Kier molecular flexibility index (Phi) is 6.80. The molecule has 0 heterocycles. The Labute approximate surface area is 118 Å². The Bertz CT molecular complexity index is 281. The summed E-state index contributed by atoms with van der Waals surface area (Å²) in [5.74, 6) is 0.956. The number of hydrogen-bond donors (Lipinski definition) is 1. The topological polar surface area (TPSA) is 49.6 Å². The van der Waals surface area contributed by atoms with E-state index in [1.54, 1.807) is 0 Å². The highest BCUT2D eigenvalue weighted by molar-refractivity contribution is 5.79. The van der Waals surface area contributed by atoms with Crippen LogP contribution in [0.4, 0.5) is 0 Å². The van der Waals surface area contributed by atoms with Crippen molar-refractivity contribution in [3.8, 4) is 0 Å². The zero-order valence-electron chi connectivity index (χ0n) is 13.1. The molecule has 1 saturated carbocycles. The largest absolute Gasteiger partial charge is 0.343 e. The van der Waals surface area contributed by atoms with Crippen LogP contribution in [0.15, 0.2) is 0 Å². The third-order valence-corrected chi connectivity index (χ3v) is 4.21. The van der Waals surface area contributed by atoms with Gasteiger partial charge >= 0.3 is 0 Å². The zero-order valence-corrected chi connectivity index (χ0v) is 13.1. The molecule has 1 fully saturated rings. The lowest BCUT2D eigenvalue weighted by atomic mass is 9.78. The van der Waals surface area contributed by atoms with Crippen molar-refractivity contribution in [3.63, 3.8) is 0 Å². The van der Waals surface area contributed by atoms with Crippen LogP contribution in [0.3, 0.4) is 0 Å². The normalized spacial score (nSPS) is 27.6. The smallest absolute Gasteiger partial charge is 0.227 e. The van der Waals surface area contributed by atoms with Crippen LogP contribution in [0, 0.1) is 11.8 Å². The van der Waals surface area contributed by atoms with Crippen LogP contribution in [0.25, 0.3) is 0 Å². The first-order chi connectivity index (χ1) is 8.95. The van der Waals surface area contributed by atoms with Crippen molar-refractivity contribution in [1.82, 2.24) is 9.80 Å². The molecule has 2 N–H and O–H groups in total. The number of nitrogens with zero attached hydrogens (tertiary/aromatic N) is 2. The molecule has 3 unspecified atom stereocenters. The Morgan fingerprint density at radius 1 is 1.26 bits per heavy atom. The van der Waals surface area contributed by atoms with Crippen molar-refractivity contribution in [1.29, 1.82) is 0 Å². The maximum absolute atomic E-state index is 12.6. The number of carbonyl (C=O) groups is 1. The average molecular weight is 269 g/mol. The summed E-state index contributed by atoms with van der Waals surface area (Å²) in [7, 11) is 4.13. The van der Waals surface area contributed by atoms with Crippen molar-refractivity contribution in [2.75, 3.05) is 33.7 Å². The fraction of sp³-hybridized carbons (Fsp3) is 0.933. The summed E-state index contributed by atoms with van der Waals surface area (Å²) >= 11 is 0. The van der Waals surface area contributed by atoms with Gasteiger partial charge in [0.05, 0.1) is 5.92 Å². The minimum absolute atomic E-state index is 0.0445. The van der Waals surface area contributed by atoms with Crippen molar-refractivity contribution in [2.45, 2.75) is 45.6 Å². The standard InChI is InChI=1S/C15H31N3O/c1-5-18(10-6-9-17(3)4)15(19)13-11-12(2)7-8-14(13)16/h12-14H,5-11,16H2,1-4H3. The van der Waals surface area contributed by atoms with Crippen molar-refractivity contribution in [3.05, 3.63) is 0 Å². The molecule has 112 valence electrons. The fourth-order valence-electron chi connectivity index (χ4n) is 2.92. The molecule has 4 nitrogen and oxygen atoms in total. The van der Waals surface area contributed by atoms with Crippen LogP contribution >= 0.6 is 0 Å². The highest BCUT2D eigenvalue weighted by Gasteiger charge is 2.33. The average Bonchev–Trinajstić information content (AvgIpc) is 2.36. The summed E-state index contributed by atoms with van der Waals surface area (Å²) in [6.45, 7) is 6.96. The van der Waals surface area contributed by atoms with E-state index < -0.39 is 0 Å². The minimum atomic E-state index is 0.0445. The van der Waals surface area contributed by atoms with Gasteiger partial charge in [-0.05, 0) is 59.2 Å². The summed E-state index contributed by atoms with van der Waals surface area (Å²) in [5, 5.41) is 0. The van der Waals surface area contributed by atoms with Gasteiger partial charge in [-0.1, -0.05) is 6.92 Å². The van der Waals surface area contributed by atoms with E-state index in [4.69, 9.17) is 5.73 Å². The van der Waals surface area contributed by atoms with Gasteiger partial charge in [-0.25, -0.2) is 0 Å². The Morgan fingerprint density at radius 3 is 2.53 bits per heavy atom. The van der Waals surface area contributed by atoms with E-state index in [9.17, 15) is 4.79 Å². The summed E-state index contributed by atoms with van der Waals surface area (Å²) < 4.78 is 0. The maximum Gasteiger partial charge on any atom is 0.227 e. The van der Waals surface area contributed by atoms with Gasteiger partial charge in [-0.3, -0.25) is 4.79 Å². The third-order valence-electron chi connectivity index (χ3n) is 4.21. The van der Waals surface area contributed by atoms with Gasteiger partial charge in [0, 0.05) is 19.1 Å². The molecule has 3 atom stereocenters. The number of hydrogen-bond acceptors (Lipinski definition) is 3. The highest BCUT2D eigenvalue weighted by Crippen LogP contribution is 2.29. The third kappa shape index (κ3) is 5.11. The molecule has 0 saturated heterocycles. The predicted octanol–water partition coefficient (Wildman–Crippen LogP) is 1.55. The molecule has 1 aliphatic rings. The maximum atomic E-state index is 12.6. The van der Waals surface area contributed by atoms with Crippen LogP contribution < -0.4 is 5.73 Å². The van der Waals surface area contributed by atoms with E-state index in [0.717, 1.165) is 45.3 Å². The Balaban J connectivity index is 2.51. The van der Waals surface area contributed by atoms with Gasteiger partial charge in [0.1, 0.15) is 0 Å². The molecule has 4 heteroatoms. The number of carbonyl (C=O) groups excluding carboxylic acids is 1. The van der Waals surface area contributed by atoms with E-state index >= 15 is 0 Å². The molecular formula is C15H31N3O. The monoisotopic (exact) mass is 269 g/mol. The highest BCUT2D eigenvalue weighted by atomic mass is 16.2. The molecule has 0 aromatic carbocycles. The lowest BCUT2D eigenvalue weighted by Crippen LogP contribution is -2.47. The van der Waals surface area contributed by atoms with Crippen LogP contribution in [0.1, 0.15) is 39.5 Å². The van der Waals surface area contributed by atoms with Gasteiger partial charge in [-0.2, -0.15) is 0 Å². The molecule has 0 spiro atoms. The number of rotatable bonds is 6. The quantitative estimate of drug-likeness (QED) is 0.796. The second-order valence-corrected chi connectivity index (χ2v) is 6.26. The molecule has 0 aromatic heterocycles. The second-order valence-electron chi connectivity index (χ2n) is 6.26. The van der Waals surface area contributed by atoms with Crippen LogP contribution in [0.2, 0.25) is 0 Å². The molecule has 1 amide bonds. The fourth-order valence-corrected chi connectivity index (χ4v) is 2.92. The van der Waals surface area contributed by atoms with Gasteiger partial charge in [0.2, 0.25) is 5.91 Å². The molecule has 0 aliphatic heterocycles. The zero-order chi connectivity index (χ0) is 14.4. The molecule has 0 bridgehead atoms. The second kappa shape index (κ2) is 7.85. The first kappa shape index (κ1) is 16.4. The van der Waals surface area contributed by atoms with Gasteiger partial charge in [0.15, 0.2) is 0 Å². The molecule has 19 heavy (non-hydrogen) atoms. The lowest BCUT2D eigenvalue weighted by Gasteiger charge is -2.35. The Morgan fingerprint density at radius 2 is 1.95 bits per heavy atom. The van der Waals surface area contributed by atoms with Crippen LogP contribution in [-0.2, 0) is 4.79 Å². The van der Waals surface area contributed by atoms with Crippen LogP contribution in [0.5, 0.6) is 0 Å². The first-order valence-corrected chi connectivity index (χ1v) is 7.64. The molecule has 1 rings (SSSR count). The van der Waals surface area contributed by atoms with E-state index in [1.165, 1.54) is 0 Å². The minimum Gasteiger partial charge on any atom is -0.343 e. The van der Waals surface area contributed by atoms with Crippen molar-refractivity contribution >= 4 is 5.91 Å². The predicted molar refractivity (Wildman–Crippen MR) is 79.9 cm³/mol. The SMILES string of the molecule is CCN(CCCN(C)C)C(=O)C1CC(C)CCC1N. The van der Waals surface area contributed by atoms with Crippen molar-refractivity contribution < 1.29 is 4.79 Å². The lowest BCUT2D eigenvalue weighted by molar-refractivity contribution is -0.137. The van der Waals surface area contributed by atoms with Crippen LogP contribution in [-0.4, -0.2) is 55.5 Å². The molecule has 1 aliphatic carbocycles. The summed E-state index contributed by atoms with van der Waals surface area (Å²) in [5.41, 5.74) is 6.16. The van der Waals surface area contributed by atoms with Gasteiger partial charge in [0.25, 0.3) is 0 Å². The molecule has 0 aromatic rings.